The first-order valence-electron chi connectivity index (χ1n) is 7.41. The molecule has 0 radical (unpaired) electrons. The zero-order chi connectivity index (χ0) is 16.2. The Morgan fingerprint density at radius 2 is 2.00 bits per heavy atom. The monoisotopic (exact) mass is 306 g/mol. The molecule has 0 bridgehead atoms. The minimum absolute atomic E-state index is 0.222. The van der Waals surface area contributed by atoms with E-state index in [1.54, 1.807) is 30.6 Å². The van der Waals surface area contributed by atoms with Crippen molar-refractivity contribution >= 4 is 5.91 Å². The van der Waals surface area contributed by atoms with Gasteiger partial charge >= 0.3 is 0 Å². The summed E-state index contributed by atoms with van der Waals surface area (Å²) in [5, 5.41) is 3.04. The van der Waals surface area contributed by atoms with Crippen LogP contribution >= 0.6 is 0 Å². The molecule has 1 amide bonds. The largest absolute Gasteiger partial charge is 0.337 e. The molecule has 23 heavy (non-hydrogen) atoms. The van der Waals surface area contributed by atoms with Crippen molar-refractivity contribution in [3.63, 3.8) is 0 Å². The van der Waals surface area contributed by atoms with E-state index in [1.165, 1.54) is 0 Å². The van der Waals surface area contributed by atoms with E-state index >= 15 is 0 Å². The molecule has 0 aliphatic heterocycles. The van der Waals surface area contributed by atoms with Crippen LogP contribution in [0.15, 0.2) is 61.1 Å². The number of nitrogens with zero attached hydrogens (tertiary/aromatic N) is 3. The van der Waals surface area contributed by atoms with E-state index in [-0.39, 0.29) is 11.9 Å². The molecule has 0 spiro atoms. The zero-order valence-electron chi connectivity index (χ0n) is 13.1. The van der Waals surface area contributed by atoms with Crippen LogP contribution in [0.1, 0.15) is 33.5 Å². The van der Waals surface area contributed by atoms with Gasteiger partial charge in [-0.2, -0.15) is 0 Å². The smallest absolute Gasteiger partial charge is 0.270 e. The van der Waals surface area contributed by atoms with Crippen molar-refractivity contribution in [2.24, 2.45) is 7.05 Å². The summed E-state index contributed by atoms with van der Waals surface area (Å²) in [5.41, 5.74) is 2.51. The van der Waals surface area contributed by atoms with Crippen LogP contribution in [0.3, 0.4) is 0 Å². The highest BCUT2D eigenvalue weighted by atomic mass is 16.1. The van der Waals surface area contributed by atoms with Crippen molar-refractivity contribution in [2.45, 2.75) is 13.0 Å². The number of carbonyl (C=O) groups excluding carboxylic acids is 1. The van der Waals surface area contributed by atoms with Crippen LogP contribution in [0.4, 0.5) is 0 Å². The van der Waals surface area contributed by atoms with Crippen LogP contribution < -0.4 is 5.32 Å². The Hall–Kier alpha value is -2.95. The van der Waals surface area contributed by atoms with Gasteiger partial charge in [-0.05, 0) is 24.6 Å². The average Bonchev–Trinajstić information content (AvgIpc) is 2.99. The van der Waals surface area contributed by atoms with E-state index < -0.39 is 0 Å². The normalized spacial score (nSPS) is 11.9. The highest BCUT2D eigenvalue weighted by Crippen LogP contribution is 2.21. The molecule has 1 atom stereocenters. The fraction of sp³-hybridized carbons (Fsp3) is 0.167. The molecule has 0 saturated carbocycles. The number of amides is 1. The molecular weight excluding hydrogens is 288 g/mol. The van der Waals surface area contributed by atoms with Crippen molar-refractivity contribution in [2.75, 3.05) is 0 Å². The maximum atomic E-state index is 12.5. The summed E-state index contributed by atoms with van der Waals surface area (Å²) in [7, 11) is 1.91. The third kappa shape index (κ3) is 3.29. The summed E-state index contributed by atoms with van der Waals surface area (Å²) in [6.07, 6.45) is 5.20. The number of hydrogen-bond donors (Lipinski definition) is 1. The first-order valence-corrected chi connectivity index (χ1v) is 7.41. The van der Waals surface area contributed by atoms with Crippen molar-refractivity contribution in [1.82, 2.24) is 19.9 Å². The first kappa shape index (κ1) is 15.0. The molecule has 0 saturated heterocycles. The van der Waals surface area contributed by atoms with Crippen LogP contribution in [-0.4, -0.2) is 20.4 Å². The molecule has 116 valence electrons. The number of aromatic nitrogens is 3. The number of benzene rings is 1. The number of carbonyl (C=O) groups is 1. The van der Waals surface area contributed by atoms with E-state index in [0.29, 0.717) is 5.69 Å². The molecule has 2 aromatic heterocycles. The molecule has 1 aromatic carbocycles. The number of hydrogen-bond acceptors (Lipinski definition) is 3. The van der Waals surface area contributed by atoms with Crippen molar-refractivity contribution in [3.05, 3.63) is 83.7 Å². The number of rotatable bonds is 4. The Kier molecular flexibility index (Phi) is 4.19. The van der Waals surface area contributed by atoms with Crippen molar-refractivity contribution in [1.29, 1.82) is 0 Å². The second kappa shape index (κ2) is 6.44. The Balaban J connectivity index is 1.96. The van der Waals surface area contributed by atoms with Gasteiger partial charge < -0.3 is 9.88 Å². The molecule has 3 rings (SSSR count). The lowest BCUT2D eigenvalue weighted by Gasteiger charge is -2.19. The zero-order valence-corrected chi connectivity index (χ0v) is 13.1. The molecule has 0 aliphatic rings. The molecule has 2 heterocycles. The quantitative estimate of drug-likeness (QED) is 0.806. The topological polar surface area (TPSA) is 59.8 Å². The fourth-order valence-electron chi connectivity index (χ4n) is 2.50. The molecule has 5 nitrogen and oxygen atoms in total. The number of nitrogens with one attached hydrogen (secondary N) is 1. The predicted molar refractivity (Wildman–Crippen MR) is 87.9 cm³/mol. The third-order valence-electron chi connectivity index (χ3n) is 3.67. The number of imidazole rings is 1. The second-order valence-corrected chi connectivity index (χ2v) is 5.43. The summed E-state index contributed by atoms with van der Waals surface area (Å²) in [4.78, 5) is 21.0. The van der Waals surface area contributed by atoms with E-state index in [2.05, 4.69) is 21.4 Å². The van der Waals surface area contributed by atoms with Gasteiger partial charge in [0, 0.05) is 25.6 Å². The van der Waals surface area contributed by atoms with Gasteiger partial charge in [0.2, 0.25) is 0 Å². The van der Waals surface area contributed by atoms with Gasteiger partial charge in [0.25, 0.3) is 5.91 Å². The second-order valence-electron chi connectivity index (χ2n) is 5.43. The average molecular weight is 306 g/mol. The molecule has 1 unspecified atom stereocenters. The lowest BCUT2D eigenvalue weighted by molar-refractivity contribution is 0.0936. The van der Waals surface area contributed by atoms with E-state index in [4.69, 9.17) is 0 Å². The Morgan fingerprint density at radius 1 is 1.13 bits per heavy atom. The van der Waals surface area contributed by atoms with E-state index in [1.807, 2.05) is 42.9 Å². The van der Waals surface area contributed by atoms with Gasteiger partial charge in [-0.25, -0.2) is 4.98 Å². The Bertz CT molecular complexity index is 811. The van der Waals surface area contributed by atoms with Gasteiger partial charge in [0.1, 0.15) is 17.6 Å². The number of aryl methyl sites for hydroxylation is 2. The summed E-state index contributed by atoms with van der Waals surface area (Å²) in [6.45, 7) is 2.03. The minimum atomic E-state index is -0.329. The van der Waals surface area contributed by atoms with Crippen molar-refractivity contribution in [3.8, 4) is 0 Å². The summed E-state index contributed by atoms with van der Waals surface area (Å²) < 4.78 is 1.91. The van der Waals surface area contributed by atoms with E-state index in [0.717, 1.165) is 17.0 Å². The lowest BCUT2D eigenvalue weighted by Crippen LogP contribution is -2.31. The van der Waals surface area contributed by atoms with Crippen LogP contribution in [-0.2, 0) is 7.05 Å². The summed E-state index contributed by atoms with van der Waals surface area (Å²) in [6, 6.07) is 13.0. The van der Waals surface area contributed by atoms with Crippen molar-refractivity contribution < 1.29 is 4.79 Å². The third-order valence-corrected chi connectivity index (χ3v) is 3.67. The highest BCUT2D eigenvalue weighted by molar-refractivity contribution is 5.92. The standard InChI is InChI=1S/C18H18N4O/c1-13-6-5-7-14(12-13)16(17-20-10-11-22(17)2)21-18(23)15-8-3-4-9-19-15/h3-12,16H,1-2H3,(H,21,23). The van der Waals surface area contributed by atoms with Gasteiger partial charge in [-0.3, -0.25) is 9.78 Å². The van der Waals surface area contributed by atoms with Gasteiger partial charge in [0.05, 0.1) is 0 Å². The van der Waals surface area contributed by atoms with Gasteiger partial charge in [0.15, 0.2) is 0 Å². The molecule has 5 heteroatoms. The predicted octanol–water partition coefficient (Wildman–Crippen LogP) is 2.64. The molecular formula is C18H18N4O. The molecule has 3 aromatic rings. The van der Waals surface area contributed by atoms with Gasteiger partial charge in [-0.15, -0.1) is 0 Å². The maximum Gasteiger partial charge on any atom is 0.270 e. The highest BCUT2D eigenvalue weighted by Gasteiger charge is 2.21. The first-order chi connectivity index (χ1) is 11.1. The Labute approximate surface area is 135 Å². The van der Waals surface area contributed by atoms with Crippen LogP contribution in [0, 0.1) is 6.92 Å². The fourth-order valence-corrected chi connectivity index (χ4v) is 2.50. The SMILES string of the molecule is Cc1cccc(C(NC(=O)c2ccccn2)c2nccn2C)c1. The van der Waals surface area contributed by atoms with Crippen LogP contribution in [0.2, 0.25) is 0 Å². The minimum Gasteiger partial charge on any atom is -0.337 e. The lowest BCUT2D eigenvalue weighted by atomic mass is 10.0. The van der Waals surface area contributed by atoms with Crippen LogP contribution in [0.5, 0.6) is 0 Å². The summed E-state index contributed by atoms with van der Waals surface area (Å²) in [5.74, 6) is 0.556. The Morgan fingerprint density at radius 3 is 2.65 bits per heavy atom. The molecule has 1 N–H and O–H groups in total. The molecule has 0 fully saturated rings. The van der Waals surface area contributed by atoms with E-state index in [9.17, 15) is 4.79 Å². The van der Waals surface area contributed by atoms with Gasteiger partial charge in [-0.1, -0.05) is 35.9 Å². The maximum absolute atomic E-state index is 12.5. The van der Waals surface area contributed by atoms with Crippen LogP contribution in [0.25, 0.3) is 0 Å². The molecule has 0 aliphatic carbocycles. The number of pyridine rings is 1. The summed E-state index contributed by atoms with van der Waals surface area (Å²) >= 11 is 0.